The van der Waals surface area contributed by atoms with Gasteiger partial charge in [0.1, 0.15) is 4.75 Å². The van der Waals surface area contributed by atoms with Crippen molar-refractivity contribution in [1.82, 2.24) is 4.72 Å². The molecule has 0 aliphatic carbocycles. The maximum atomic E-state index is 13.8. The zero-order valence-corrected chi connectivity index (χ0v) is 26.4. The summed E-state index contributed by atoms with van der Waals surface area (Å²) >= 11 is -1.21. The molecule has 6 atom stereocenters. The fourth-order valence-corrected chi connectivity index (χ4v) is 12.3. The lowest BCUT2D eigenvalue weighted by atomic mass is 9.67. The van der Waals surface area contributed by atoms with Gasteiger partial charge in [0.2, 0.25) is 0 Å². The van der Waals surface area contributed by atoms with E-state index in [9.17, 15) is 4.55 Å². The van der Waals surface area contributed by atoms with E-state index in [-0.39, 0.29) is 16.2 Å². The van der Waals surface area contributed by atoms with Crippen molar-refractivity contribution in [3.63, 3.8) is 0 Å². The third kappa shape index (κ3) is 5.23. The highest BCUT2D eigenvalue weighted by Crippen LogP contribution is 2.80. The predicted molar refractivity (Wildman–Crippen MR) is 178 cm³/mol. The first-order valence-corrected chi connectivity index (χ1v) is 17.3. The predicted octanol–water partition coefficient (Wildman–Crippen LogP) is 9.55. The van der Waals surface area contributed by atoms with E-state index in [4.69, 9.17) is 0 Å². The Morgan fingerprint density at radius 2 is 1.29 bits per heavy atom. The quantitative estimate of drug-likeness (QED) is 0.175. The SMILES string of the molecule is CC1=C(c2ccccc2)[P@@]2C[C@]1(C)[C@H](c1ccccc1)[C@@H]2[C@H](N[S@+]([O-])C(C)(C)C)c1ccc(-c2ccccc2)cc1. The highest BCUT2D eigenvalue weighted by Gasteiger charge is 2.61. The van der Waals surface area contributed by atoms with Crippen molar-refractivity contribution in [1.29, 1.82) is 0 Å². The Hall–Kier alpha value is -2.68. The summed E-state index contributed by atoms with van der Waals surface area (Å²) in [5.74, 6) is 0.338. The molecular formula is C37H40NOPS. The number of rotatable bonds is 7. The molecule has 4 aromatic rings. The maximum absolute atomic E-state index is 13.8. The fourth-order valence-electron chi connectivity index (χ4n) is 6.90. The van der Waals surface area contributed by atoms with Crippen LogP contribution in [0.4, 0.5) is 0 Å². The molecule has 0 aromatic heterocycles. The van der Waals surface area contributed by atoms with Crippen molar-refractivity contribution in [2.45, 2.75) is 57.0 Å². The number of benzene rings is 4. The monoisotopic (exact) mass is 577 g/mol. The van der Waals surface area contributed by atoms with Crippen LogP contribution in [-0.4, -0.2) is 21.1 Å². The van der Waals surface area contributed by atoms with Gasteiger partial charge in [0.15, 0.2) is 0 Å². The smallest absolute Gasteiger partial charge is 0.136 e. The largest absolute Gasteiger partial charge is 0.598 e. The van der Waals surface area contributed by atoms with Crippen LogP contribution >= 0.6 is 7.92 Å². The molecule has 0 radical (unpaired) electrons. The van der Waals surface area contributed by atoms with Crippen molar-refractivity contribution in [2.75, 3.05) is 6.16 Å². The standard InChI is InChI=1S/C37H40NOPS/c1-26-34(31-19-13-8-14-20-31)40-25-37(26,5)32(29-17-11-7-12-18-29)35(40)33(38-41(39)36(2,3)4)30-23-21-28(22-24-30)27-15-9-6-10-16-27/h6-24,32-33,35,38H,25H2,1-5H3/t32-,33-,35-,37+,40-,41-/m1/s1. The van der Waals surface area contributed by atoms with Crippen LogP contribution < -0.4 is 4.72 Å². The molecule has 2 aliphatic heterocycles. The molecular weight excluding hydrogens is 537 g/mol. The van der Waals surface area contributed by atoms with Crippen LogP contribution in [0.5, 0.6) is 0 Å². The van der Waals surface area contributed by atoms with E-state index >= 15 is 0 Å². The van der Waals surface area contributed by atoms with Crippen LogP contribution in [0.3, 0.4) is 0 Å². The summed E-state index contributed by atoms with van der Waals surface area (Å²) in [6, 6.07) is 41.6. The minimum absolute atomic E-state index is 0.0372. The molecule has 2 bridgehead atoms. The van der Waals surface area contributed by atoms with E-state index < -0.39 is 19.3 Å². The molecule has 1 N–H and O–H groups in total. The highest BCUT2D eigenvalue weighted by atomic mass is 32.2. The van der Waals surface area contributed by atoms with E-state index in [1.165, 1.54) is 39.6 Å². The third-order valence-electron chi connectivity index (χ3n) is 9.10. The lowest BCUT2D eigenvalue weighted by Crippen LogP contribution is -2.46. The second-order valence-electron chi connectivity index (χ2n) is 12.7. The fraction of sp³-hybridized carbons (Fsp3) is 0.297. The molecule has 1 fully saturated rings. The summed E-state index contributed by atoms with van der Waals surface area (Å²) < 4.78 is 17.2. The first-order chi connectivity index (χ1) is 19.7. The normalized spacial score (nSPS) is 25.4. The Morgan fingerprint density at radius 3 is 1.85 bits per heavy atom. The van der Waals surface area contributed by atoms with Crippen LogP contribution in [0.15, 0.2) is 121 Å². The maximum Gasteiger partial charge on any atom is 0.136 e. The van der Waals surface area contributed by atoms with Gasteiger partial charge in [-0.1, -0.05) is 136 Å². The minimum atomic E-state index is -1.21. The Bertz CT molecular complexity index is 1510. The van der Waals surface area contributed by atoms with Gasteiger partial charge < -0.3 is 4.55 Å². The number of fused-ring (bicyclic) bond motifs is 2. The molecule has 4 heteroatoms. The first kappa shape index (κ1) is 28.4. The molecule has 2 nitrogen and oxygen atoms in total. The van der Waals surface area contributed by atoms with Gasteiger partial charge >= 0.3 is 0 Å². The summed E-state index contributed by atoms with van der Waals surface area (Å²) in [5, 5.41) is 1.55. The first-order valence-electron chi connectivity index (χ1n) is 14.6. The molecule has 0 amide bonds. The van der Waals surface area contributed by atoms with Gasteiger partial charge in [-0.25, -0.2) is 0 Å². The summed E-state index contributed by atoms with van der Waals surface area (Å²) in [4.78, 5) is 0. The van der Waals surface area contributed by atoms with Crippen LogP contribution in [0.25, 0.3) is 16.4 Å². The zero-order valence-electron chi connectivity index (χ0n) is 24.7. The number of hydrogen-bond donors (Lipinski definition) is 1. The lowest BCUT2D eigenvalue weighted by Gasteiger charge is -2.43. The molecule has 0 saturated carbocycles. The van der Waals surface area contributed by atoms with Crippen molar-refractivity contribution < 1.29 is 4.55 Å². The second-order valence-corrected chi connectivity index (χ2v) is 17.0. The van der Waals surface area contributed by atoms with Crippen LogP contribution in [0.2, 0.25) is 0 Å². The van der Waals surface area contributed by atoms with Crippen LogP contribution in [0, 0.1) is 5.41 Å². The van der Waals surface area contributed by atoms with Gasteiger partial charge in [-0.3, -0.25) is 0 Å². The van der Waals surface area contributed by atoms with Crippen molar-refractivity contribution in [3.05, 3.63) is 138 Å². The second kappa shape index (κ2) is 11.2. The molecule has 6 rings (SSSR count). The number of hydrogen-bond acceptors (Lipinski definition) is 2. The van der Waals surface area contributed by atoms with Crippen LogP contribution in [-0.2, 0) is 11.4 Å². The molecule has 2 heterocycles. The van der Waals surface area contributed by atoms with Gasteiger partial charge in [0.25, 0.3) is 0 Å². The molecule has 2 aliphatic rings. The highest BCUT2D eigenvalue weighted by molar-refractivity contribution is 7.90. The van der Waals surface area contributed by atoms with Gasteiger partial charge in [0.05, 0.1) is 6.04 Å². The zero-order chi connectivity index (χ0) is 28.8. The average molecular weight is 578 g/mol. The average Bonchev–Trinajstić information content (AvgIpc) is 3.44. The Labute approximate surface area is 250 Å². The molecule has 210 valence electrons. The van der Waals surface area contributed by atoms with E-state index in [0.29, 0.717) is 11.6 Å². The van der Waals surface area contributed by atoms with E-state index in [1.54, 1.807) is 5.31 Å². The van der Waals surface area contributed by atoms with Gasteiger partial charge in [0, 0.05) is 28.4 Å². The van der Waals surface area contributed by atoms with E-state index in [2.05, 4.69) is 155 Å². The summed E-state index contributed by atoms with van der Waals surface area (Å²) in [5.41, 5.74) is 8.28. The lowest BCUT2D eigenvalue weighted by molar-refractivity contribution is 0.345. The molecule has 1 saturated heterocycles. The summed E-state index contributed by atoms with van der Waals surface area (Å²) in [6.07, 6.45) is 1.17. The molecule has 0 spiro atoms. The van der Waals surface area contributed by atoms with Gasteiger partial charge in [-0.05, 0) is 67.0 Å². The Balaban J connectivity index is 1.50. The summed E-state index contributed by atoms with van der Waals surface area (Å²) in [6.45, 7) is 11.1. The summed E-state index contributed by atoms with van der Waals surface area (Å²) in [7, 11) is -0.521. The Morgan fingerprint density at radius 1 is 0.780 bits per heavy atom. The van der Waals surface area contributed by atoms with Gasteiger partial charge in [-0.15, -0.1) is 4.72 Å². The minimum Gasteiger partial charge on any atom is -0.598 e. The van der Waals surface area contributed by atoms with Crippen LogP contribution in [0.1, 0.15) is 63.3 Å². The van der Waals surface area contributed by atoms with E-state index in [0.717, 1.165) is 0 Å². The number of allylic oxidation sites excluding steroid dienone is 1. The van der Waals surface area contributed by atoms with E-state index in [1.807, 2.05) is 0 Å². The topological polar surface area (TPSA) is 35.1 Å². The molecule has 4 aromatic carbocycles. The molecule has 0 unspecified atom stereocenters. The number of nitrogens with one attached hydrogen (secondary N) is 1. The van der Waals surface area contributed by atoms with Crippen molar-refractivity contribution in [2.24, 2.45) is 5.41 Å². The Kier molecular flexibility index (Phi) is 7.76. The third-order valence-corrected chi connectivity index (χ3v) is 14.2. The van der Waals surface area contributed by atoms with Crippen molar-refractivity contribution >= 4 is 24.6 Å². The van der Waals surface area contributed by atoms with Gasteiger partial charge in [-0.2, -0.15) is 0 Å². The molecule has 41 heavy (non-hydrogen) atoms. The van der Waals surface area contributed by atoms with Crippen molar-refractivity contribution in [3.8, 4) is 11.1 Å².